The van der Waals surface area contributed by atoms with E-state index in [-0.39, 0.29) is 6.04 Å². The Labute approximate surface area is 102 Å². The summed E-state index contributed by atoms with van der Waals surface area (Å²) < 4.78 is 0. The standard InChI is InChI=1S/C13H23NO3/c15-11-7-6-10(12(16)13(11)17)14-8-9-4-2-1-3-5-9/h6-7,9-17H,1-5,8H2/t10-,11+,12+,13+/m1/s1. The highest BCUT2D eigenvalue weighted by Crippen LogP contribution is 2.23. The largest absolute Gasteiger partial charge is 0.388 e. The van der Waals surface area contributed by atoms with Gasteiger partial charge in [-0.2, -0.15) is 0 Å². The second kappa shape index (κ2) is 5.96. The molecule has 0 radical (unpaired) electrons. The molecule has 0 spiro atoms. The van der Waals surface area contributed by atoms with Gasteiger partial charge in [0, 0.05) is 0 Å². The summed E-state index contributed by atoms with van der Waals surface area (Å²) in [5.41, 5.74) is 0. The van der Waals surface area contributed by atoms with Gasteiger partial charge >= 0.3 is 0 Å². The SMILES string of the molecule is O[C@@H]1[C@@H](O)[C@H](NCC2CCCCC2)C=C[C@@H]1O. The van der Waals surface area contributed by atoms with Gasteiger partial charge in [0.2, 0.25) is 0 Å². The highest BCUT2D eigenvalue weighted by Gasteiger charge is 2.32. The van der Waals surface area contributed by atoms with E-state index in [1.807, 2.05) is 0 Å². The molecule has 2 rings (SSSR count). The van der Waals surface area contributed by atoms with E-state index in [0.29, 0.717) is 5.92 Å². The van der Waals surface area contributed by atoms with E-state index in [0.717, 1.165) is 6.54 Å². The van der Waals surface area contributed by atoms with Gasteiger partial charge in [0.1, 0.15) is 18.3 Å². The Balaban J connectivity index is 1.80. The fourth-order valence-electron chi connectivity index (χ4n) is 2.76. The monoisotopic (exact) mass is 241 g/mol. The van der Waals surface area contributed by atoms with Crippen molar-refractivity contribution in [1.29, 1.82) is 0 Å². The van der Waals surface area contributed by atoms with Crippen LogP contribution in [0.5, 0.6) is 0 Å². The molecule has 4 heteroatoms. The lowest BCUT2D eigenvalue weighted by atomic mass is 9.88. The predicted octanol–water partition coefficient (Wildman–Crippen LogP) is 0.177. The van der Waals surface area contributed by atoms with Crippen molar-refractivity contribution >= 4 is 0 Å². The van der Waals surface area contributed by atoms with Crippen molar-refractivity contribution in [3.8, 4) is 0 Å². The van der Waals surface area contributed by atoms with E-state index in [4.69, 9.17) is 0 Å². The number of nitrogens with one attached hydrogen (secondary N) is 1. The summed E-state index contributed by atoms with van der Waals surface area (Å²) in [5.74, 6) is 0.688. The number of hydrogen-bond acceptors (Lipinski definition) is 4. The van der Waals surface area contributed by atoms with E-state index >= 15 is 0 Å². The normalized spacial score (nSPS) is 39.5. The Morgan fingerprint density at radius 2 is 1.65 bits per heavy atom. The van der Waals surface area contributed by atoms with Gasteiger partial charge in [0.25, 0.3) is 0 Å². The zero-order valence-corrected chi connectivity index (χ0v) is 10.1. The lowest BCUT2D eigenvalue weighted by Gasteiger charge is -2.33. The van der Waals surface area contributed by atoms with E-state index in [2.05, 4.69) is 5.32 Å². The summed E-state index contributed by atoms with van der Waals surface area (Å²) in [4.78, 5) is 0. The van der Waals surface area contributed by atoms with Crippen molar-refractivity contribution in [2.45, 2.75) is 56.5 Å². The molecule has 17 heavy (non-hydrogen) atoms. The van der Waals surface area contributed by atoms with Crippen LogP contribution in [0.25, 0.3) is 0 Å². The molecule has 0 aromatic carbocycles. The van der Waals surface area contributed by atoms with E-state index in [1.54, 1.807) is 12.2 Å². The summed E-state index contributed by atoms with van der Waals surface area (Å²) in [6.45, 7) is 0.884. The first-order valence-electron chi connectivity index (χ1n) is 6.64. The highest BCUT2D eigenvalue weighted by molar-refractivity contribution is 5.10. The molecule has 1 fully saturated rings. The van der Waals surface area contributed by atoms with Crippen molar-refractivity contribution in [1.82, 2.24) is 5.32 Å². The van der Waals surface area contributed by atoms with Crippen LogP contribution in [0.15, 0.2) is 12.2 Å². The fourth-order valence-corrected chi connectivity index (χ4v) is 2.76. The molecule has 98 valence electrons. The number of aliphatic hydroxyl groups is 3. The van der Waals surface area contributed by atoms with Crippen LogP contribution in [-0.4, -0.2) is 46.2 Å². The Morgan fingerprint density at radius 3 is 2.35 bits per heavy atom. The van der Waals surface area contributed by atoms with Crippen LogP contribution in [0, 0.1) is 5.92 Å². The number of aliphatic hydroxyl groups excluding tert-OH is 3. The summed E-state index contributed by atoms with van der Waals surface area (Å²) in [7, 11) is 0. The molecule has 0 aromatic heterocycles. The van der Waals surface area contributed by atoms with Crippen LogP contribution in [-0.2, 0) is 0 Å². The molecule has 0 unspecified atom stereocenters. The summed E-state index contributed by atoms with van der Waals surface area (Å²) >= 11 is 0. The second-order valence-corrected chi connectivity index (χ2v) is 5.29. The zero-order valence-electron chi connectivity index (χ0n) is 10.1. The quantitative estimate of drug-likeness (QED) is 0.532. The van der Waals surface area contributed by atoms with Crippen molar-refractivity contribution < 1.29 is 15.3 Å². The van der Waals surface area contributed by atoms with E-state index in [1.165, 1.54) is 32.1 Å². The third-order valence-corrected chi connectivity index (χ3v) is 3.95. The summed E-state index contributed by atoms with van der Waals surface area (Å²) in [6, 6.07) is -0.240. The molecule has 0 saturated heterocycles. The first-order chi connectivity index (χ1) is 8.18. The second-order valence-electron chi connectivity index (χ2n) is 5.29. The van der Waals surface area contributed by atoms with E-state index in [9.17, 15) is 15.3 Å². The molecule has 0 heterocycles. The number of hydrogen-bond donors (Lipinski definition) is 4. The van der Waals surface area contributed by atoms with Gasteiger partial charge in [0.15, 0.2) is 0 Å². The maximum Gasteiger partial charge on any atom is 0.111 e. The van der Waals surface area contributed by atoms with Crippen LogP contribution in [0.2, 0.25) is 0 Å². The van der Waals surface area contributed by atoms with Gasteiger partial charge in [-0.15, -0.1) is 0 Å². The highest BCUT2D eigenvalue weighted by atomic mass is 16.4. The lowest BCUT2D eigenvalue weighted by molar-refractivity contribution is -0.0569. The summed E-state index contributed by atoms with van der Waals surface area (Å²) in [6.07, 6.45) is 6.82. The van der Waals surface area contributed by atoms with Crippen LogP contribution in [0.4, 0.5) is 0 Å². The van der Waals surface area contributed by atoms with Crippen molar-refractivity contribution in [2.75, 3.05) is 6.54 Å². The maximum absolute atomic E-state index is 9.81. The smallest absolute Gasteiger partial charge is 0.111 e. The maximum atomic E-state index is 9.81. The molecule has 0 amide bonds. The average Bonchev–Trinajstić information content (AvgIpc) is 2.36. The van der Waals surface area contributed by atoms with Crippen molar-refractivity contribution in [3.05, 3.63) is 12.2 Å². The molecule has 0 aromatic rings. The van der Waals surface area contributed by atoms with Crippen molar-refractivity contribution in [2.24, 2.45) is 5.92 Å². The Kier molecular flexibility index (Phi) is 4.56. The molecule has 4 nitrogen and oxygen atoms in total. The molecule has 2 aliphatic carbocycles. The Bertz CT molecular complexity index is 263. The molecular weight excluding hydrogens is 218 g/mol. The van der Waals surface area contributed by atoms with Gasteiger partial charge < -0.3 is 20.6 Å². The third-order valence-electron chi connectivity index (χ3n) is 3.95. The number of rotatable bonds is 3. The summed E-state index contributed by atoms with van der Waals surface area (Å²) in [5, 5.41) is 32.0. The minimum Gasteiger partial charge on any atom is -0.388 e. The molecular formula is C13H23NO3. The first-order valence-corrected chi connectivity index (χ1v) is 6.64. The van der Waals surface area contributed by atoms with Crippen LogP contribution in [0.1, 0.15) is 32.1 Å². The Morgan fingerprint density at radius 1 is 0.941 bits per heavy atom. The van der Waals surface area contributed by atoms with Gasteiger partial charge in [0.05, 0.1) is 6.04 Å². The molecule has 4 atom stereocenters. The minimum absolute atomic E-state index is 0.240. The molecule has 0 bridgehead atoms. The fraction of sp³-hybridized carbons (Fsp3) is 0.846. The van der Waals surface area contributed by atoms with Crippen LogP contribution >= 0.6 is 0 Å². The molecule has 2 aliphatic rings. The topological polar surface area (TPSA) is 72.7 Å². The van der Waals surface area contributed by atoms with Crippen molar-refractivity contribution in [3.63, 3.8) is 0 Å². The van der Waals surface area contributed by atoms with Gasteiger partial charge in [-0.25, -0.2) is 0 Å². The van der Waals surface area contributed by atoms with Crippen LogP contribution in [0.3, 0.4) is 0 Å². The van der Waals surface area contributed by atoms with Gasteiger partial charge in [-0.1, -0.05) is 31.4 Å². The lowest BCUT2D eigenvalue weighted by Crippen LogP contribution is -2.52. The Hall–Kier alpha value is -0.420. The average molecular weight is 241 g/mol. The first kappa shape index (κ1) is 13.0. The van der Waals surface area contributed by atoms with Crippen LogP contribution < -0.4 is 5.32 Å². The van der Waals surface area contributed by atoms with E-state index < -0.39 is 18.3 Å². The minimum atomic E-state index is -1.08. The molecule has 1 saturated carbocycles. The molecule has 4 N–H and O–H groups in total. The third kappa shape index (κ3) is 3.28. The van der Waals surface area contributed by atoms with Gasteiger partial charge in [-0.3, -0.25) is 0 Å². The predicted molar refractivity (Wildman–Crippen MR) is 65.5 cm³/mol. The molecule has 0 aliphatic heterocycles. The van der Waals surface area contributed by atoms with Gasteiger partial charge in [-0.05, 0) is 25.3 Å². The zero-order chi connectivity index (χ0) is 12.3.